The molecule has 0 saturated carbocycles. The Morgan fingerprint density at radius 1 is 1.48 bits per heavy atom. The van der Waals surface area contributed by atoms with Crippen molar-refractivity contribution in [3.05, 3.63) is 36.0 Å². The van der Waals surface area contributed by atoms with E-state index in [0.29, 0.717) is 19.5 Å². The topological polar surface area (TPSA) is 62.1 Å². The number of hydrogen-bond acceptors (Lipinski definition) is 2. The maximum absolute atomic E-state index is 12.4. The minimum absolute atomic E-state index is 0.0833. The number of terminal acetylenes is 1. The van der Waals surface area contributed by atoms with Gasteiger partial charge in [-0.3, -0.25) is 4.79 Å². The molecule has 4 heteroatoms. The van der Waals surface area contributed by atoms with Crippen LogP contribution in [0.25, 0.3) is 10.9 Å². The molecule has 1 atom stereocenters. The minimum atomic E-state index is -0.566. The Balaban J connectivity index is 2.11. The molecule has 2 aromatic rings. The van der Waals surface area contributed by atoms with Crippen LogP contribution < -0.4 is 5.73 Å². The molecule has 0 aliphatic carbocycles. The maximum Gasteiger partial charge on any atom is 0.240 e. The summed E-state index contributed by atoms with van der Waals surface area (Å²) in [6.07, 6.45) is 8.61. The Hall–Kier alpha value is -2.25. The fraction of sp³-hybridized carbons (Fsp3) is 0.353. The number of para-hydroxylation sites is 1. The second-order valence-corrected chi connectivity index (χ2v) is 5.13. The Morgan fingerprint density at radius 2 is 2.24 bits per heavy atom. The zero-order valence-electron chi connectivity index (χ0n) is 12.3. The van der Waals surface area contributed by atoms with Gasteiger partial charge in [0.1, 0.15) is 0 Å². The normalized spacial score (nSPS) is 12.0. The van der Waals surface area contributed by atoms with Gasteiger partial charge in [0.2, 0.25) is 5.91 Å². The van der Waals surface area contributed by atoms with Crippen molar-refractivity contribution in [1.29, 1.82) is 0 Å². The van der Waals surface area contributed by atoms with Crippen LogP contribution in [-0.2, 0) is 11.2 Å². The fourth-order valence-corrected chi connectivity index (χ4v) is 2.51. The van der Waals surface area contributed by atoms with Crippen molar-refractivity contribution in [1.82, 2.24) is 9.88 Å². The standard InChI is InChI=1S/C17H21N3O/c1-3-9-20(10-4-2)17(21)15(18)11-13-12-19-16-8-6-5-7-14(13)16/h1,5-8,12,15,19H,4,9-11,18H2,2H3/t15-/m1/s1. The summed E-state index contributed by atoms with van der Waals surface area (Å²) in [5.41, 5.74) is 8.20. The number of rotatable bonds is 6. The number of nitrogens with zero attached hydrogens (tertiary/aromatic N) is 1. The molecule has 0 bridgehead atoms. The van der Waals surface area contributed by atoms with Gasteiger partial charge in [0.15, 0.2) is 0 Å². The van der Waals surface area contributed by atoms with E-state index in [1.54, 1.807) is 4.90 Å². The van der Waals surface area contributed by atoms with Gasteiger partial charge in [0.25, 0.3) is 0 Å². The van der Waals surface area contributed by atoms with Crippen molar-refractivity contribution >= 4 is 16.8 Å². The van der Waals surface area contributed by atoms with Crippen LogP contribution in [-0.4, -0.2) is 34.9 Å². The number of carbonyl (C=O) groups excluding carboxylic acids is 1. The van der Waals surface area contributed by atoms with E-state index in [1.165, 1.54) is 0 Å². The van der Waals surface area contributed by atoms with Gasteiger partial charge in [0, 0.05) is 23.6 Å². The van der Waals surface area contributed by atoms with Crippen LogP contribution in [0.5, 0.6) is 0 Å². The van der Waals surface area contributed by atoms with Crippen molar-refractivity contribution in [2.75, 3.05) is 13.1 Å². The average Bonchev–Trinajstić information content (AvgIpc) is 2.89. The number of hydrogen-bond donors (Lipinski definition) is 2. The molecule has 4 nitrogen and oxygen atoms in total. The second-order valence-electron chi connectivity index (χ2n) is 5.13. The highest BCUT2D eigenvalue weighted by Crippen LogP contribution is 2.19. The van der Waals surface area contributed by atoms with Crippen molar-refractivity contribution < 1.29 is 4.79 Å². The number of carbonyl (C=O) groups is 1. The van der Waals surface area contributed by atoms with Gasteiger partial charge in [-0.1, -0.05) is 31.0 Å². The molecule has 1 heterocycles. The number of nitrogens with two attached hydrogens (primary N) is 1. The smallest absolute Gasteiger partial charge is 0.240 e. The van der Waals surface area contributed by atoms with Gasteiger partial charge in [-0.15, -0.1) is 6.42 Å². The van der Waals surface area contributed by atoms with E-state index < -0.39 is 6.04 Å². The number of amides is 1. The lowest BCUT2D eigenvalue weighted by Crippen LogP contribution is -2.45. The van der Waals surface area contributed by atoms with Gasteiger partial charge in [-0.2, -0.15) is 0 Å². The molecule has 0 spiro atoms. The van der Waals surface area contributed by atoms with Gasteiger partial charge in [-0.05, 0) is 24.5 Å². The number of H-pyrrole nitrogens is 1. The molecule has 21 heavy (non-hydrogen) atoms. The van der Waals surface area contributed by atoms with E-state index in [4.69, 9.17) is 12.2 Å². The molecule has 0 aliphatic heterocycles. The third-order valence-electron chi connectivity index (χ3n) is 3.52. The molecule has 2 rings (SSSR count). The van der Waals surface area contributed by atoms with Crippen LogP contribution in [0, 0.1) is 12.3 Å². The largest absolute Gasteiger partial charge is 0.361 e. The van der Waals surface area contributed by atoms with Gasteiger partial charge in [-0.25, -0.2) is 0 Å². The predicted octanol–water partition coefficient (Wildman–Crippen LogP) is 1.91. The number of benzene rings is 1. The van der Waals surface area contributed by atoms with E-state index in [1.807, 2.05) is 37.4 Å². The average molecular weight is 283 g/mol. The summed E-state index contributed by atoms with van der Waals surface area (Å²) in [7, 11) is 0. The zero-order valence-corrected chi connectivity index (χ0v) is 12.3. The van der Waals surface area contributed by atoms with Crippen LogP contribution >= 0.6 is 0 Å². The zero-order chi connectivity index (χ0) is 15.2. The van der Waals surface area contributed by atoms with Crippen LogP contribution in [0.15, 0.2) is 30.5 Å². The highest BCUT2D eigenvalue weighted by molar-refractivity contribution is 5.86. The lowest BCUT2D eigenvalue weighted by Gasteiger charge is -2.23. The lowest BCUT2D eigenvalue weighted by molar-refractivity contribution is -0.132. The molecule has 0 saturated heterocycles. The summed E-state index contributed by atoms with van der Waals surface area (Å²) in [6, 6.07) is 7.43. The van der Waals surface area contributed by atoms with Crippen molar-refractivity contribution in [3.63, 3.8) is 0 Å². The fourth-order valence-electron chi connectivity index (χ4n) is 2.51. The Labute approximate surface area is 125 Å². The molecule has 0 aliphatic rings. The summed E-state index contributed by atoms with van der Waals surface area (Å²) in [5.74, 6) is 2.44. The minimum Gasteiger partial charge on any atom is -0.361 e. The molecule has 0 radical (unpaired) electrons. The number of aromatic amines is 1. The maximum atomic E-state index is 12.4. The summed E-state index contributed by atoms with van der Waals surface area (Å²) in [5, 5.41) is 1.11. The molecule has 0 unspecified atom stereocenters. The van der Waals surface area contributed by atoms with Crippen molar-refractivity contribution in [2.45, 2.75) is 25.8 Å². The van der Waals surface area contributed by atoms with Crippen LogP contribution in [0.1, 0.15) is 18.9 Å². The second kappa shape index (κ2) is 6.96. The van der Waals surface area contributed by atoms with E-state index in [9.17, 15) is 4.79 Å². The first-order valence-corrected chi connectivity index (χ1v) is 7.20. The summed E-state index contributed by atoms with van der Waals surface area (Å²) in [6.45, 7) is 2.97. The molecule has 3 N–H and O–H groups in total. The van der Waals surface area contributed by atoms with E-state index in [-0.39, 0.29) is 5.91 Å². The molecular weight excluding hydrogens is 262 g/mol. The SMILES string of the molecule is C#CCN(CCC)C(=O)[C@H](N)Cc1c[nH]c2ccccc12. The third kappa shape index (κ3) is 3.45. The van der Waals surface area contributed by atoms with E-state index >= 15 is 0 Å². The first-order valence-electron chi connectivity index (χ1n) is 7.20. The highest BCUT2D eigenvalue weighted by Gasteiger charge is 2.21. The van der Waals surface area contributed by atoms with Gasteiger partial charge in [0.05, 0.1) is 12.6 Å². The molecule has 1 aromatic carbocycles. The van der Waals surface area contributed by atoms with Crippen LogP contribution in [0.2, 0.25) is 0 Å². The number of aromatic nitrogens is 1. The predicted molar refractivity (Wildman–Crippen MR) is 85.7 cm³/mol. The highest BCUT2D eigenvalue weighted by atomic mass is 16.2. The van der Waals surface area contributed by atoms with Crippen LogP contribution in [0.3, 0.4) is 0 Å². The third-order valence-corrected chi connectivity index (χ3v) is 3.52. The lowest BCUT2D eigenvalue weighted by atomic mass is 10.0. The van der Waals surface area contributed by atoms with E-state index in [0.717, 1.165) is 22.9 Å². The van der Waals surface area contributed by atoms with Gasteiger partial charge < -0.3 is 15.6 Å². The summed E-state index contributed by atoms with van der Waals surface area (Å²) < 4.78 is 0. The molecule has 110 valence electrons. The number of nitrogens with one attached hydrogen (secondary N) is 1. The molecule has 1 amide bonds. The van der Waals surface area contributed by atoms with Crippen molar-refractivity contribution in [3.8, 4) is 12.3 Å². The molecular formula is C17H21N3O. The first-order chi connectivity index (χ1) is 10.2. The first kappa shape index (κ1) is 15.1. The monoisotopic (exact) mass is 283 g/mol. The quantitative estimate of drug-likeness (QED) is 0.796. The Kier molecular flexibility index (Phi) is 5.02. The van der Waals surface area contributed by atoms with E-state index in [2.05, 4.69) is 10.9 Å². The van der Waals surface area contributed by atoms with Crippen molar-refractivity contribution in [2.24, 2.45) is 5.73 Å². The molecule has 1 aromatic heterocycles. The number of fused-ring (bicyclic) bond motifs is 1. The molecule has 0 fully saturated rings. The summed E-state index contributed by atoms with van der Waals surface area (Å²) >= 11 is 0. The summed E-state index contributed by atoms with van der Waals surface area (Å²) in [4.78, 5) is 17.2. The Bertz CT molecular complexity index is 653. The van der Waals surface area contributed by atoms with Crippen LogP contribution in [0.4, 0.5) is 0 Å². The van der Waals surface area contributed by atoms with Gasteiger partial charge >= 0.3 is 0 Å². The Morgan fingerprint density at radius 3 is 2.95 bits per heavy atom.